The summed E-state index contributed by atoms with van der Waals surface area (Å²) in [5.74, 6) is -1.75. The maximum absolute atomic E-state index is 13.3. The van der Waals surface area contributed by atoms with Crippen molar-refractivity contribution in [3.8, 4) is 16.9 Å². The number of carbonyl (C=O) groups is 1. The quantitative estimate of drug-likeness (QED) is 0.204. The van der Waals surface area contributed by atoms with Gasteiger partial charge in [-0.2, -0.15) is 13.2 Å². The smallest absolute Gasteiger partial charge is 0.416 e. The fourth-order valence-electron chi connectivity index (χ4n) is 4.57. The van der Waals surface area contributed by atoms with Gasteiger partial charge in [-0.25, -0.2) is 13.2 Å². The number of hydrogen-bond acceptors (Lipinski definition) is 4. The van der Waals surface area contributed by atoms with Gasteiger partial charge in [0.2, 0.25) is 0 Å². The highest BCUT2D eigenvalue weighted by atomic mass is 32.2. The Labute approximate surface area is 234 Å². The third-order valence-corrected chi connectivity index (χ3v) is 8.31. The molecule has 0 aliphatic heterocycles. The Hall–Kier alpha value is -4.63. The lowest BCUT2D eigenvalue weighted by molar-refractivity contribution is -0.137. The molecule has 0 bridgehead atoms. The summed E-state index contributed by atoms with van der Waals surface area (Å²) in [5, 5.41) is 11.6. The normalized spacial score (nSPS) is 11.9. The zero-order valence-electron chi connectivity index (χ0n) is 21.4. The molecular weight excluding hydrogens is 553 g/mol. The molecule has 41 heavy (non-hydrogen) atoms. The number of rotatable bonds is 8. The van der Waals surface area contributed by atoms with Crippen molar-refractivity contribution in [1.82, 2.24) is 0 Å². The van der Waals surface area contributed by atoms with E-state index in [-0.39, 0.29) is 28.4 Å². The van der Waals surface area contributed by atoms with Gasteiger partial charge < -0.3 is 9.84 Å². The molecule has 5 aromatic rings. The van der Waals surface area contributed by atoms with Crippen LogP contribution >= 0.6 is 0 Å². The van der Waals surface area contributed by atoms with Crippen LogP contribution in [0.4, 0.5) is 13.2 Å². The van der Waals surface area contributed by atoms with Gasteiger partial charge >= 0.3 is 12.1 Å². The van der Waals surface area contributed by atoms with Crippen molar-refractivity contribution in [2.45, 2.75) is 23.4 Å². The Balaban J connectivity index is 1.43. The van der Waals surface area contributed by atoms with Crippen LogP contribution in [0.15, 0.2) is 114 Å². The van der Waals surface area contributed by atoms with E-state index in [9.17, 15) is 31.5 Å². The Morgan fingerprint density at radius 2 is 1.49 bits per heavy atom. The molecule has 5 nitrogen and oxygen atoms in total. The fourth-order valence-corrected chi connectivity index (χ4v) is 5.98. The number of hydrogen-bond donors (Lipinski definition) is 1. The van der Waals surface area contributed by atoms with Crippen molar-refractivity contribution in [2.24, 2.45) is 0 Å². The van der Waals surface area contributed by atoms with Crippen LogP contribution in [0.25, 0.3) is 21.9 Å². The predicted molar refractivity (Wildman–Crippen MR) is 149 cm³/mol. The fraction of sp³-hybridized carbons (Fsp3) is 0.0938. The van der Waals surface area contributed by atoms with Gasteiger partial charge in [-0.15, -0.1) is 0 Å². The molecule has 0 atom stereocenters. The Morgan fingerprint density at radius 3 is 2.24 bits per heavy atom. The molecule has 1 N–H and O–H groups in total. The number of alkyl halides is 3. The number of carboxylic acids is 1. The van der Waals surface area contributed by atoms with Gasteiger partial charge in [-0.1, -0.05) is 72.8 Å². The summed E-state index contributed by atoms with van der Waals surface area (Å²) in [5.41, 5.74) is 0.845. The van der Waals surface area contributed by atoms with Crippen LogP contribution in [0.2, 0.25) is 0 Å². The SMILES string of the molecule is O=C(O)c1cc(-c2ccccc2COc2cccc(C(F)(F)F)c2)ccc1CS(=O)(=O)c1ccc2ccccc2c1. The second kappa shape index (κ2) is 11.1. The van der Waals surface area contributed by atoms with Gasteiger partial charge in [0.1, 0.15) is 12.4 Å². The van der Waals surface area contributed by atoms with Crippen molar-refractivity contribution >= 4 is 26.6 Å². The lowest BCUT2D eigenvalue weighted by Gasteiger charge is -2.15. The van der Waals surface area contributed by atoms with Gasteiger partial charge in [-0.05, 0) is 69.4 Å². The van der Waals surface area contributed by atoms with E-state index >= 15 is 0 Å². The molecule has 0 saturated carbocycles. The molecule has 208 valence electrons. The first-order valence-electron chi connectivity index (χ1n) is 12.5. The zero-order chi connectivity index (χ0) is 29.2. The first kappa shape index (κ1) is 27.9. The highest BCUT2D eigenvalue weighted by molar-refractivity contribution is 7.90. The van der Waals surface area contributed by atoms with E-state index in [1.807, 2.05) is 18.2 Å². The van der Waals surface area contributed by atoms with E-state index in [1.165, 1.54) is 30.3 Å². The largest absolute Gasteiger partial charge is 0.489 e. The van der Waals surface area contributed by atoms with Crippen LogP contribution in [0.5, 0.6) is 5.75 Å². The maximum Gasteiger partial charge on any atom is 0.416 e. The van der Waals surface area contributed by atoms with Gasteiger partial charge in [0.05, 0.1) is 21.8 Å². The van der Waals surface area contributed by atoms with E-state index in [1.54, 1.807) is 48.5 Å². The Bertz CT molecular complexity index is 1860. The molecule has 9 heteroatoms. The molecule has 0 aliphatic rings. The number of sulfone groups is 1. The molecule has 0 heterocycles. The lowest BCUT2D eigenvalue weighted by atomic mass is 9.96. The van der Waals surface area contributed by atoms with E-state index in [0.717, 1.165) is 22.9 Å². The first-order chi connectivity index (χ1) is 19.5. The first-order valence-corrected chi connectivity index (χ1v) is 14.1. The van der Waals surface area contributed by atoms with Crippen LogP contribution in [0.3, 0.4) is 0 Å². The predicted octanol–water partition coefficient (Wildman–Crippen LogP) is 7.78. The van der Waals surface area contributed by atoms with Gasteiger partial charge in [0, 0.05) is 0 Å². The monoisotopic (exact) mass is 576 g/mol. The average Bonchev–Trinajstić information content (AvgIpc) is 2.95. The van der Waals surface area contributed by atoms with Crippen molar-refractivity contribution in [3.63, 3.8) is 0 Å². The molecule has 0 aromatic heterocycles. The summed E-state index contributed by atoms with van der Waals surface area (Å²) in [6.45, 7) is -0.0714. The molecule has 0 amide bonds. The molecule has 0 fully saturated rings. The molecule has 0 aliphatic carbocycles. The summed E-state index contributed by atoms with van der Waals surface area (Å²) in [6.07, 6.45) is -4.51. The third kappa shape index (κ3) is 6.25. The minimum Gasteiger partial charge on any atom is -0.489 e. The van der Waals surface area contributed by atoms with Crippen molar-refractivity contribution in [1.29, 1.82) is 0 Å². The van der Waals surface area contributed by atoms with Crippen molar-refractivity contribution in [3.05, 3.63) is 131 Å². The summed E-state index contributed by atoms with van der Waals surface area (Å²) < 4.78 is 71.4. The van der Waals surface area contributed by atoms with Crippen LogP contribution in [-0.4, -0.2) is 19.5 Å². The molecular formula is C32H23F3O5S. The second-order valence-electron chi connectivity index (χ2n) is 9.42. The van der Waals surface area contributed by atoms with Gasteiger partial charge in [-0.3, -0.25) is 0 Å². The number of carboxylic acid groups (broad SMARTS) is 1. The summed E-state index contributed by atoms with van der Waals surface area (Å²) in [6, 6.07) is 28.1. The van der Waals surface area contributed by atoms with Crippen molar-refractivity contribution < 1.29 is 36.2 Å². The van der Waals surface area contributed by atoms with Crippen molar-refractivity contribution in [2.75, 3.05) is 0 Å². The second-order valence-corrected chi connectivity index (χ2v) is 11.4. The van der Waals surface area contributed by atoms with Crippen LogP contribution in [0.1, 0.15) is 27.0 Å². The average molecular weight is 577 g/mol. The number of ether oxygens (including phenoxy) is 1. The standard InChI is InChI=1S/C32H23F3O5S/c33-32(34,35)26-9-5-10-27(18-26)40-19-24-8-3-4-11-29(24)23-12-13-25(30(17-23)31(36)37)20-41(38,39)28-15-14-21-6-1-2-7-22(21)16-28/h1-18H,19-20H2,(H,36,37). The highest BCUT2D eigenvalue weighted by Crippen LogP contribution is 2.33. The zero-order valence-corrected chi connectivity index (χ0v) is 22.2. The van der Waals surface area contributed by atoms with Gasteiger partial charge in [0.25, 0.3) is 0 Å². The van der Waals surface area contributed by atoms with E-state index in [4.69, 9.17) is 4.74 Å². The summed E-state index contributed by atoms with van der Waals surface area (Å²) in [7, 11) is -3.86. The lowest BCUT2D eigenvalue weighted by Crippen LogP contribution is -2.10. The summed E-state index contributed by atoms with van der Waals surface area (Å²) in [4.78, 5) is 12.3. The van der Waals surface area contributed by atoms with E-state index in [0.29, 0.717) is 16.7 Å². The number of halogens is 3. The van der Waals surface area contributed by atoms with E-state index < -0.39 is 33.3 Å². The number of aromatic carboxylic acids is 1. The number of fused-ring (bicyclic) bond motifs is 1. The molecule has 5 aromatic carbocycles. The molecule has 0 unspecified atom stereocenters. The Morgan fingerprint density at radius 1 is 0.756 bits per heavy atom. The third-order valence-electron chi connectivity index (χ3n) is 6.65. The molecule has 0 saturated heterocycles. The topological polar surface area (TPSA) is 80.7 Å². The van der Waals surface area contributed by atoms with E-state index in [2.05, 4.69) is 0 Å². The number of benzene rings is 5. The van der Waals surface area contributed by atoms with Crippen LogP contribution in [0, 0.1) is 0 Å². The highest BCUT2D eigenvalue weighted by Gasteiger charge is 2.30. The molecule has 5 rings (SSSR count). The Kier molecular flexibility index (Phi) is 7.55. The van der Waals surface area contributed by atoms with Crippen LogP contribution < -0.4 is 4.74 Å². The minimum absolute atomic E-state index is 0.0371. The maximum atomic E-state index is 13.3. The van der Waals surface area contributed by atoms with Crippen LogP contribution in [-0.2, 0) is 28.4 Å². The minimum atomic E-state index is -4.51. The molecule has 0 spiro atoms. The van der Waals surface area contributed by atoms with Gasteiger partial charge in [0.15, 0.2) is 9.84 Å². The molecule has 0 radical (unpaired) electrons. The summed E-state index contributed by atoms with van der Waals surface area (Å²) >= 11 is 0.